The Balaban J connectivity index is 1.86. The molecule has 0 saturated carbocycles. The number of likely N-dealkylation sites (tertiary alicyclic amines) is 1. The Labute approximate surface area is 143 Å². The summed E-state index contributed by atoms with van der Waals surface area (Å²) in [6.07, 6.45) is 3.19. The highest BCUT2D eigenvalue weighted by molar-refractivity contribution is 7.11. The molecule has 0 spiro atoms. The number of nitrogens with one attached hydrogen (secondary N) is 2. The molecule has 2 rings (SSSR count). The van der Waals surface area contributed by atoms with Gasteiger partial charge < -0.3 is 15.5 Å². The third kappa shape index (κ3) is 5.86. The van der Waals surface area contributed by atoms with E-state index in [9.17, 15) is 4.79 Å². The van der Waals surface area contributed by atoms with Crippen LogP contribution in [0.2, 0.25) is 0 Å². The quantitative estimate of drug-likeness (QED) is 0.618. The SMILES string of the molecule is CCNC(=NCC(=O)N1CCCC1)NC(C)Cc1ccc(C)s1. The van der Waals surface area contributed by atoms with Crippen LogP contribution in [0.15, 0.2) is 17.1 Å². The predicted octanol–water partition coefficient (Wildman–Crippen LogP) is 2.17. The van der Waals surface area contributed by atoms with Gasteiger partial charge in [-0.3, -0.25) is 4.79 Å². The van der Waals surface area contributed by atoms with Crippen LogP contribution in [0.25, 0.3) is 0 Å². The summed E-state index contributed by atoms with van der Waals surface area (Å²) < 4.78 is 0. The average Bonchev–Trinajstić information content (AvgIpc) is 3.16. The van der Waals surface area contributed by atoms with Gasteiger partial charge >= 0.3 is 0 Å². The molecule has 0 aliphatic carbocycles. The summed E-state index contributed by atoms with van der Waals surface area (Å²) in [4.78, 5) is 21.2. The Hall–Kier alpha value is -1.56. The van der Waals surface area contributed by atoms with Crippen molar-refractivity contribution in [3.05, 3.63) is 21.9 Å². The third-order valence-corrected chi connectivity index (χ3v) is 4.88. The number of nitrogens with zero attached hydrogens (tertiary/aromatic N) is 2. The first-order valence-corrected chi connectivity index (χ1v) is 9.28. The lowest BCUT2D eigenvalue weighted by molar-refractivity contribution is -0.128. The number of aryl methyl sites for hydroxylation is 1. The van der Waals surface area contributed by atoms with Crippen molar-refractivity contribution in [1.82, 2.24) is 15.5 Å². The molecular formula is C17H28N4OS. The van der Waals surface area contributed by atoms with Crippen molar-refractivity contribution in [3.8, 4) is 0 Å². The lowest BCUT2D eigenvalue weighted by Gasteiger charge is -2.18. The second-order valence-electron chi connectivity index (χ2n) is 6.04. The van der Waals surface area contributed by atoms with Gasteiger partial charge in [-0.1, -0.05) is 0 Å². The Bertz CT molecular complexity index is 534. The monoisotopic (exact) mass is 336 g/mol. The van der Waals surface area contributed by atoms with Crippen LogP contribution in [0, 0.1) is 6.92 Å². The van der Waals surface area contributed by atoms with E-state index in [-0.39, 0.29) is 18.5 Å². The van der Waals surface area contributed by atoms with E-state index < -0.39 is 0 Å². The summed E-state index contributed by atoms with van der Waals surface area (Å²) in [5.74, 6) is 0.849. The zero-order valence-corrected chi connectivity index (χ0v) is 15.2. The molecule has 2 heterocycles. The van der Waals surface area contributed by atoms with Crippen LogP contribution in [-0.2, 0) is 11.2 Å². The minimum Gasteiger partial charge on any atom is -0.357 e. The summed E-state index contributed by atoms with van der Waals surface area (Å²) in [5.41, 5.74) is 0. The van der Waals surface area contributed by atoms with Crippen molar-refractivity contribution in [1.29, 1.82) is 0 Å². The molecule has 5 nitrogen and oxygen atoms in total. The molecule has 1 atom stereocenters. The summed E-state index contributed by atoms with van der Waals surface area (Å²) >= 11 is 1.83. The maximum absolute atomic E-state index is 12.1. The molecule has 1 amide bonds. The molecule has 0 aromatic carbocycles. The molecule has 1 fully saturated rings. The lowest BCUT2D eigenvalue weighted by Crippen LogP contribution is -2.43. The van der Waals surface area contributed by atoms with Crippen molar-refractivity contribution in [2.45, 2.75) is 46.1 Å². The number of carbonyl (C=O) groups excluding carboxylic acids is 1. The largest absolute Gasteiger partial charge is 0.357 e. The maximum atomic E-state index is 12.1. The second kappa shape index (κ2) is 8.91. The van der Waals surface area contributed by atoms with Gasteiger partial charge in [-0.05, 0) is 45.7 Å². The number of aliphatic imine (C=N–C) groups is 1. The molecule has 1 aromatic heterocycles. The Morgan fingerprint density at radius 1 is 1.39 bits per heavy atom. The molecule has 2 N–H and O–H groups in total. The fourth-order valence-electron chi connectivity index (χ4n) is 2.71. The van der Waals surface area contributed by atoms with E-state index in [0.29, 0.717) is 0 Å². The minimum atomic E-state index is 0.126. The molecule has 1 aliphatic rings. The maximum Gasteiger partial charge on any atom is 0.244 e. The average molecular weight is 337 g/mol. The van der Waals surface area contributed by atoms with E-state index in [1.807, 2.05) is 23.2 Å². The first kappa shape index (κ1) is 17.8. The van der Waals surface area contributed by atoms with E-state index in [1.165, 1.54) is 9.75 Å². The summed E-state index contributed by atoms with van der Waals surface area (Å²) in [6, 6.07) is 4.60. The Morgan fingerprint density at radius 2 is 2.13 bits per heavy atom. The Kier molecular flexibility index (Phi) is 6.89. The van der Waals surface area contributed by atoms with E-state index in [0.717, 1.165) is 44.9 Å². The highest BCUT2D eigenvalue weighted by Gasteiger charge is 2.17. The van der Waals surface area contributed by atoms with Gasteiger partial charge in [0, 0.05) is 41.9 Å². The number of hydrogen-bond acceptors (Lipinski definition) is 3. The fourth-order valence-corrected chi connectivity index (χ4v) is 3.73. The van der Waals surface area contributed by atoms with Gasteiger partial charge in [0.05, 0.1) is 0 Å². The highest BCUT2D eigenvalue weighted by Crippen LogP contribution is 2.16. The standard InChI is InChI=1S/C17H28N4OS/c1-4-18-17(19-12-16(22)21-9-5-6-10-21)20-13(2)11-15-8-7-14(3)23-15/h7-8,13H,4-6,9-12H2,1-3H3,(H2,18,19,20). The summed E-state index contributed by atoms with van der Waals surface area (Å²) in [7, 11) is 0. The van der Waals surface area contributed by atoms with Gasteiger partial charge in [0.15, 0.2) is 5.96 Å². The van der Waals surface area contributed by atoms with E-state index >= 15 is 0 Å². The van der Waals surface area contributed by atoms with Crippen molar-refractivity contribution in [2.75, 3.05) is 26.2 Å². The smallest absolute Gasteiger partial charge is 0.244 e. The lowest BCUT2D eigenvalue weighted by atomic mass is 10.2. The van der Waals surface area contributed by atoms with Gasteiger partial charge in [-0.25, -0.2) is 4.99 Å². The molecule has 1 unspecified atom stereocenters. The second-order valence-corrected chi connectivity index (χ2v) is 7.42. The van der Waals surface area contributed by atoms with Crippen molar-refractivity contribution < 1.29 is 4.79 Å². The molecule has 6 heteroatoms. The van der Waals surface area contributed by atoms with Crippen molar-refractivity contribution >= 4 is 23.2 Å². The van der Waals surface area contributed by atoms with Gasteiger partial charge in [-0.15, -0.1) is 11.3 Å². The molecule has 0 bridgehead atoms. The number of carbonyl (C=O) groups is 1. The van der Waals surface area contributed by atoms with Crippen LogP contribution in [0.5, 0.6) is 0 Å². The topological polar surface area (TPSA) is 56.7 Å². The molecule has 1 aromatic rings. The first-order chi connectivity index (χ1) is 11.1. The predicted molar refractivity (Wildman–Crippen MR) is 97.2 cm³/mol. The van der Waals surface area contributed by atoms with Gasteiger partial charge in [0.25, 0.3) is 0 Å². The van der Waals surface area contributed by atoms with Crippen LogP contribution in [0.1, 0.15) is 36.4 Å². The van der Waals surface area contributed by atoms with Crippen LogP contribution in [-0.4, -0.2) is 49.0 Å². The third-order valence-electron chi connectivity index (χ3n) is 3.86. The molecule has 128 valence electrons. The summed E-state index contributed by atoms with van der Waals surface area (Å²) in [5, 5.41) is 6.62. The normalized spacial score (nSPS) is 16.5. The highest BCUT2D eigenvalue weighted by atomic mass is 32.1. The Morgan fingerprint density at radius 3 is 2.74 bits per heavy atom. The van der Waals surface area contributed by atoms with Crippen LogP contribution < -0.4 is 10.6 Å². The number of hydrogen-bond donors (Lipinski definition) is 2. The molecule has 23 heavy (non-hydrogen) atoms. The number of thiophene rings is 1. The van der Waals surface area contributed by atoms with Gasteiger partial charge in [0.2, 0.25) is 5.91 Å². The number of guanidine groups is 1. The van der Waals surface area contributed by atoms with Crippen molar-refractivity contribution in [3.63, 3.8) is 0 Å². The van der Waals surface area contributed by atoms with Crippen LogP contribution in [0.4, 0.5) is 0 Å². The van der Waals surface area contributed by atoms with Crippen LogP contribution in [0.3, 0.4) is 0 Å². The fraction of sp³-hybridized carbons (Fsp3) is 0.647. The van der Waals surface area contributed by atoms with Gasteiger partial charge in [0.1, 0.15) is 6.54 Å². The minimum absolute atomic E-state index is 0.126. The van der Waals surface area contributed by atoms with Crippen LogP contribution >= 0.6 is 11.3 Å². The number of amides is 1. The molecule has 0 radical (unpaired) electrons. The zero-order chi connectivity index (χ0) is 16.7. The zero-order valence-electron chi connectivity index (χ0n) is 14.4. The molecule has 1 saturated heterocycles. The van der Waals surface area contributed by atoms with E-state index in [2.05, 4.69) is 41.6 Å². The molecular weight excluding hydrogens is 308 g/mol. The summed E-state index contributed by atoms with van der Waals surface area (Å²) in [6.45, 7) is 9.08. The van der Waals surface area contributed by atoms with E-state index in [4.69, 9.17) is 0 Å². The van der Waals surface area contributed by atoms with Crippen molar-refractivity contribution in [2.24, 2.45) is 4.99 Å². The number of rotatable bonds is 6. The molecule has 1 aliphatic heterocycles. The first-order valence-electron chi connectivity index (χ1n) is 8.46. The van der Waals surface area contributed by atoms with Gasteiger partial charge in [-0.2, -0.15) is 0 Å². The van der Waals surface area contributed by atoms with E-state index in [1.54, 1.807) is 0 Å².